The molecule has 0 aromatic heterocycles. The molecule has 0 spiro atoms. The summed E-state index contributed by atoms with van der Waals surface area (Å²) in [5.74, 6) is 0. The van der Waals surface area contributed by atoms with Crippen LogP contribution in [-0.4, -0.2) is 36.6 Å². The summed E-state index contributed by atoms with van der Waals surface area (Å²) in [6, 6.07) is 0. The molecule has 0 heterocycles. The predicted octanol–water partition coefficient (Wildman–Crippen LogP) is -17.5. The Morgan fingerprint density at radius 3 is 0.474 bits per heavy atom. The molecule has 0 saturated heterocycles. The fraction of sp³-hybridized carbons (Fsp3) is 0. The normalized spacial score (nSPS) is 6.11. The number of rotatable bonds is 0. The summed E-state index contributed by atoms with van der Waals surface area (Å²) in [7, 11) is -12.2. The van der Waals surface area contributed by atoms with Crippen LogP contribution >= 0.6 is 0 Å². The van der Waals surface area contributed by atoms with Gasteiger partial charge < -0.3 is 60.3 Å². The minimum absolute atomic E-state index is 0.500. The van der Waals surface area contributed by atoms with Crippen molar-refractivity contribution in [3.8, 4) is 0 Å². The second-order valence-corrected chi connectivity index (χ2v) is 1.25. The Balaban J connectivity index is -0.0000000432. The van der Waals surface area contributed by atoms with E-state index in [1.807, 2.05) is 0 Å². The Hall–Kier alpha value is -0.555. The first-order valence-corrected chi connectivity index (χ1v) is 3.30. The van der Waals surface area contributed by atoms with E-state index < -0.39 is 36.6 Å². The molecule has 0 unspecified atom stereocenters. The fourth-order valence-corrected chi connectivity index (χ4v) is 0. The van der Waals surface area contributed by atoms with Crippen molar-refractivity contribution in [3.63, 3.8) is 0 Å². The van der Waals surface area contributed by atoms with Crippen molar-refractivity contribution in [1.82, 2.24) is 0 Å². The third-order valence-corrected chi connectivity index (χ3v) is 0. The van der Waals surface area contributed by atoms with Crippen LogP contribution in [0.4, 0.5) is 0 Å². The van der Waals surface area contributed by atoms with Crippen LogP contribution in [0.5, 0.6) is 0 Å². The summed E-state index contributed by atoms with van der Waals surface area (Å²) in [5, 5.41) is 109. The van der Waals surface area contributed by atoms with Crippen molar-refractivity contribution < 1.29 is 70.0 Å². The van der Waals surface area contributed by atoms with E-state index in [-0.39, 0.29) is 0 Å². The van der Waals surface area contributed by atoms with Crippen LogP contribution < -0.4 is 65.3 Å². The van der Waals surface area contributed by atoms with Gasteiger partial charge in [0.25, 0.3) is 0 Å². The van der Waals surface area contributed by atoms with Crippen LogP contribution in [0.1, 0.15) is 0 Å². The molecule has 14 nitrogen and oxygen atoms in total. The first kappa shape index (κ1) is 31.1. The number of hydrogen-bond donors (Lipinski definition) is 0. The van der Waals surface area contributed by atoms with Gasteiger partial charge in [-0.25, -0.2) is 0 Å². The monoisotopic (exact) mass is 279 g/mol. The van der Waals surface area contributed by atoms with E-state index in [2.05, 4.69) is 0 Å². The molecule has 0 bridgehead atoms. The zero-order chi connectivity index (χ0) is 17.0. The van der Waals surface area contributed by atoms with E-state index in [4.69, 9.17) is 70.0 Å². The molecule has 19 heavy (non-hydrogen) atoms. The molecule has 0 rings (SSSR count). The van der Waals surface area contributed by atoms with Gasteiger partial charge in [0.05, 0.1) is 0 Å². The van der Waals surface area contributed by atoms with Crippen molar-refractivity contribution in [2.75, 3.05) is 0 Å². The predicted molar refractivity (Wildman–Crippen MR) is 29.5 cm³/mol. The van der Waals surface area contributed by atoms with E-state index in [0.717, 1.165) is 0 Å². The first-order valence-electron chi connectivity index (χ1n) is 3.30. The molecule has 112 valence electrons. The van der Waals surface area contributed by atoms with Gasteiger partial charge in [0.2, 0.25) is 0 Å². The Morgan fingerprint density at radius 1 is 0.474 bits per heavy atom. The zero-order valence-corrected chi connectivity index (χ0v) is 8.60. The van der Waals surface area contributed by atoms with Gasteiger partial charge in [0, 0.05) is 0 Å². The maximum absolute atomic E-state index is 8.42. The van der Waals surface area contributed by atoms with Crippen LogP contribution in [0.2, 0.25) is 0 Å². The minimum Gasteiger partial charge on any atom is -0.907 e. The van der Waals surface area contributed by atoms with Gasteiger partial charge in [-0.15, -0.1) is 0 Å². The molecular formula is B5O14-13. The molecule has 0 amide bonds. The molecule has 0 fully saturated rings. The second-order valence-electron chi connectivity index (χ2n) is 1.25. The van der Waals surface area contributed by atoms with Gasteiger partial charge in [0.15, 0.2) is 0 Å². The third kappa shape index (κ3) is 13500. The molecule has 0 aromatic carbocycles. The molecule has 0 aliphatic rings. The SMILES string of the molecule is O=B[O-].[O-]B([O-])[O-].[O-]B([O-])[O-].[O-]B([O-])[O-].[O-]B([O-])[O-]. The molecule has 0 atom stereocenters. The third-order valence-electron chi connectivity index (χ3n) is 0. The van der Waals surface area contributed by atoms with Crippen LogP contribution in [0.3, 0.4) is 0 Å². The van der Waals surface area contributed by atoms with Gasteiger partial charge in [-0.05, 0) is 0 Å². The van der Waals surface area contributed by atoms with E-state index in [0.29, 0.717) is 0 Å². The zero-order valence-electron chi connectivity index (χ0n) is 8.60. The van der Waals surface area contributed by atoms with Crippen molar-refractivity contribution >= 4 is 36.6 Å². The Bertz CT molecular complexity index is 88.0. The summed E-state index contributed by atoms with van der Waals surface area (Å²) in [5.41, 5.74) is 0. The van der Waals surface area contributed by atoms with E-state index in [1.165, 1.54) is 0 Å². The Kier molecular flexibility index (Phi) is 49.8. The van der Waals surface area contributed by atoms with Crippen molar-refractivity contribution in [3.05, 3.63) is 0 Å². The summed E-state index contributed by atoms with van der Waals surface area (Å²) in [6.07, 6.45) is 0. The van der Waals surface area contributed by atoms with Crippen LogP contribution in [0.25, 0.3) is 0 Å². The molecule has 0 aliphatic heterocycles. The minimum atomic E-state index is -2.92. The summed E-state index contributed by atoms with van der Waals surface area (Å²) in [6.45, 7) is 0. The maximum atomic E-state index is 8.42. The second kappa shape index (κ2) is 30.5. The molecule has 0 aromatic rings. The Labute approximate surface area is 108 Å². The van der Waals surface area contributed by atoms with Gasteiger partial charge in [-0.1, -0.05) is 0 Å². The van der Waals surface area contributed by atoms with Crippen LogP contribution in [0, 0.1) is 0 Å². The summed E-state index contributed by atoms with van der Waals surface area (Å²) < 4.78 is 8.25. The topological polar surface area (TPSA) is 317 Å². The fourth-order valence-electron chi connectivity index (χ4n) is 0. The maximum Gasteiger partial charge on any atom is -0.278 e. The quantitative estimate of drug-likeness (QED) is 0.371. The standard InChI is InChI=1S/4BO3.BO2/c4*2-1(3)4;2-1-3/q4*-3;-1. The average Bonchev–Trinajstić information content (AvgIpc) is 1.97. The van der Waals surface area contributed by atoms with Gasteiger partial charge in [-0.2, -0.15) is 0 Å². The summed E-state index contributed by atoms with van der Waals surface area (Å²) in [4.78, 5) is 0. The molecule has 0 radical (unpaired) electrons. The van der Waals surface area contributed by atoms with E-state index >= 15 is 0 Å². The largest absolute Gasteiger partial charge is 0.907 e. The van der Waals surface area contributed by atoms with E-state index in [1.54, 1.807) is 0 Å². The van der Waals surface area contributed by atoms with Crippen LogP contribution in [0.15, 0.2) is 0 Å². The molecule has 0 aliphatic carbocycles. The van der Waals surface area contributed by atoms with Crippen LogP contribution in [-0.2, 0) is 4.70 Å². The average molecular weight is 278 g/mol. The molecular weight excluding hydrogens is 278 g/mol. The summed E-state index contributed by atoms with van der Waals surface area (Å²) >= 11 is 0. The van der Waals surface area contributed by atoms with Gasteiger partial charge in [0.1, 0.15) is 0 Å². The van der Waals surface area contributed by atoms with Gasteiger partial charge >= 0.3 is 17.1 Å². The van der Waals surface area contributed by atoms with E-state index in [9.17, 15) is 0 Å². The number of hydrogen-bond acceptors (Lipinski definition) is 14. The smallest absolute Gasteiger partial charge is 0.278 e. The Morgan fingerprint density at radius 2 is 0.474 bits per heavy atom. The molecule has 0 N–H and O–H groups in total. The van der Waals surface area contributed by atoms with Gasteiger partial charge in [-0.3, -0.25) is 29.3 Å². The van der Waals surface area contributed by atoms with Crippen molar-refractivity contribution in [2.45, 2.75) is 0 Å². The molecule has 19 heteroatoms. The van der Waals surface area contributed by atoms with Crippen molar-refractivity contribution in [2.24, 2.45) is 0 Å². The van der Waals surface area contributed by atoms with Crippen molar-refractivity contribution in [1.29, 1.82) is 0 Å². The molecule has 0 saturated carbocycles. The first-order chi connectivity index (χ1) is 8.34.